The van der Waals surface area contributed by atoms with Crippen molar-refractivity contribution in [3.05, 3.63) is 64.7 Å². The molecule has 0 bridgehead atoms. The van der Waals surface area contributed by atoms with Gasteiger partial charge in [-0.25, -0.2) is 0 Å². The van der Waals surface area contributed by atoms with Crippen LogP contribution < -0.4 is 5.32 Å². The lowest BCUT2D eigenvalue weighted by atomic mass is 10.1. The average Bonchev–Trinajstić information content (AvgIpc) is 2.45. The van der Waals surface area contributed by atoms with Gasteiger partial charge in [-0.15, -0.1) is 0 Å². The highest BCUT2D eigenvalue weighted by Crippen LogP contribution is 2.15. The second-order valence-corrected chi connectivity index (χ2v) is 4.87. The third-order valence-electron chi connectivity index (χ3n) is 2.89. The van der Waals surface area contributed by atoms with Crippen molar-refractivity contribution in [1.82, 2.24) is 0 Å². The Balaban J connectivity index is 1.99. The topological polar surface area (TPSA) is 38.3 Å². The Morgan fingerprint density at radius 2 is 1.90 bits per heavy atom. The van der Waals surface area contributed by atoms with E-state index in [1.807, 2.05) is 48.5 Å². The summed E-state index contributed by atoms with van der Waals surface area (Å²) in [5, 5.41) is 4.03. The molecule has 0 fully saturated rings. The molecule has 0 radical (unpaired) electrons. The highest BCUT2D eigenvalue weighted by atomic mass is 35.5. The van der Waals surface area contributed by atoms with Gasteiger partial charge in [0.2, 0.25) is 0 Å². The normalized spacial score (nSPS) is 10.1. The summed E-state index contributed by atoms with van der Waals surface area (Å²) in [5.41, 5.74) is 3.00. The SMILES string of the molecule is COC(=O)Cc1cccc(NCc2cccc(Cl)c2)c1. The predicted octanol–water partition coefficient (Wildman–Crippen LogP) is 3.67. The summed E-state index contributed by atoms with van der Waals surface area (Å²) in [4.78, 5) is 11.3. The van der Waals surface area contributed by atoms with Gasteiger partial charge in [0.25, 0.3) is 0 Å². The first kappa shape index (κ1) is 14.4. The van der Waals surface area contributed by atoms with Crippen LogP contribution in [0.1, 0.15) is 11.1 Å². The minimum Gasteiger partial charge on any atom is -0.469 e. The summed E-state index contributed by atoms with van der Waals surface area (Å²) in [7, 11) is 1.39. The molecule has 0 atom stereocenters. The van der Waals surface area contributed by atoms with Crippen molar-refractivity contribution in [1.29, 1.82) is 0 Å². The Hall–Kier alpha value is -2.00. The lowest BCUT2D eigenvalue weighted by molar-refractivity contribution is -0.139. The second-order valence-electron chi connectivity index (χ2n) is 4.44. The lowest BCUT2D eigenvalue weighted by Crippen LogP contribution is -2.05. The fourth-order valence-corrected chi connectivity index (χ4v) is 2.09. The number of methoxy groups -OCH3 is 1. The number of anilines is 1. The van der Waals surface area contributed by atoms with Gasteiger partial charge < -0.3 is 10.1 Å². The number of esters is 1. The van der Waals surface area contributed by atoms with Gasteiger partial charge in [-0.2, -0.15) is 0 Å². The monoisotopic (exact) mass is 289 g/mol. The fraction of sp³-hybridized carbons (Fsp3) is 0.188. The zero-order valence-electron chi connectivity index (χ0n) is 11.2. The molecule has 1 N–H and O–H groups in total. The van der Waals surface area contributed by atoms with E-state index in [2.05, 4.69) is 10.1 Å². The van der Waals surface area contributed by atoms with E-state index < -0.39 is 0 Å². The molecule has 0 saturated heterocycles. The fourth-order valence-electron chi connectivity index (χ4n) is 1.88. The zero-order valence-corrected chi connectivity index (χ0v) is 12.0. The van der Waals surface area contributed by atoms with Gasteiger partial charge in [0.05, 0.1) is 13.5 Å². The molecule has 0 amide bonds. The van der Waals surface area contributed by atoms with E-state index in [0.717, 1.165) is 21.8 Å². The molecule has 2 aromatic rings. The Morgan fingerprint density at radius 1 is 1.15 bits per heavy atom. The number of halogens is 1. The van der Waals surface area contributed by atoms with Crippen molar-refractivity contribution >= 4 is 23.3 Å². The van der Waals surface area contributed by atoms with Crippen LogP contribution in [0.25, 0.3) is 0 Å². The van der Waals surface area contributed by atoms with Crippen molar-refractivity contribution in [2.45, 2.75) is 13.0 Å². The maximum atomic E-state index is 11.3. The molecule has 4 heteroatoms. The maximum absolute atomic E-state index is 11.3. The van der Waals surface area contributed by atoms with Crippen LogP contribution in [0.5, 0.6) is 0 Å². The number of carbonyl (C=O) groups is 1. The molecular formula is C16H16ClNO2. The number of nitrogens with one attached hydrogen (secondary N) is 1. The van der Waals surface area contributed by atoms with Crippen molar-refractivity contribution < 1.29 is 9.53 Å². The molecule has 104 valence electrons. The van der Waals surface area contributed by atoms with Crippen LogP contribution in [0.4, 0.5) is 5.69 Å². The Morgan fingerprint density at radius 3 is 2.65 bits per heavy atom. The van der Waals surface area contributed by atoms with Gasteiger partial charge in [0, 0.05) is 17.3 Å². The summed E-state index contributed by atoms with van der Waals surface area (Å²) in [5.74, 6) is -0.239. The first-order chi connectivity index (χ1) is 9.67. The van der Waals surface area contributed by atoms with Gasteiger partial charge >= 0.3 is 5.97 Å². The minimum absolute atomic E-state index is 0.239. The third kappa shape index (κ3) is 4.28. The van der Waals surface area contributed by atoms with Crippen molar-refractivity contribution in [2.24, 2.45) is 0 Å². The van der Waals surface area contributed by atoms with Gasteiger partial charge in [-0.3, -0.25) is 4.79 Å². The number of benzene rings is 2. The summed E-state index contributed by atoms with van der Waals surface area (Å²) < 4.78 is 4.66. The molecule has 0 unspecified atom stereocenters. The summed E-state index contributed by atoms with van der Waals surface area (Å²) in [6.07, 6.45) is 0.281. The quantitative estimate of drug-likeness (QED) is 0.854. The van der Waals surface area contributed by atoms with Gasteiger partial charge in [-0.1, -0.05) is 35.9 Å². The van der Waals surface area contributed by atoms with E-state index in [4.69, 9.17) is 11.6 Å². The van der Waals surface area contributed by atoms with Crippen LogP contribution >= 0.6 is 11.6 Å². The van der Waals surface area contributed by atoms with Crippen molar-refractivity contribution in [3.63, 3.8) is 0 Å². The molecule has 3 nitrogen and oxygen atoms in total. The molecule has 2 aromatic carbocycles. The van der Waals surface area contributed by atoms with Crippen LogP contribution in [0.3, 0.4) is 0 Å². The Bertz CT molecular complexity index is 599. The van der Waals surface area contributed by atoms with E-state index in [-0.39, 0.29) is 12.4 Å². The third-order valence-corrected chi connectivity index (χ3v) is 3.12. The maximum Gasteiger partial charge on any atom is 0.309 e. The molecule has 0 heterocycles. The van der Waals surface area contributed by atoms with Crippen molar-refractivity contribution in [2.75, 3.05) is 12.4 Å². The zero-order chi connectivity index (χ0) is 14.4. The smallest absolute Gasteiger partial charge is 0.309 e. The van der Waals surface area contributed by atoms with Crippen LogP contribution in [0.15, 0.2) is 48.5 Å². The largest absolute Gasteiger partial charge is 0.469 e. The molecule has 0 saturated carbocycles. The van der Waals surface area contributed by atoms with E-state index in [9.17, 15) is 4.79 Å². The van der Waals surface area contributed by atoms with E-state index in [0.29, 0.717) is 6.54 Å². The van der Waals surface area contributed by atoms with E-state index in [1.54, 1.807) is 0 Å². The molecular weight excluding hydrogens is 274 g/mol. The summed E-state index contributed by atoms with van der Waals surface area (Å²) in [6, 6.07) is 15.4. The van der Waals surface area contributed by atoms with E-state index in [1.165, 1.54) is 7.11 Å². The lowest BCUT2D eigenvalue weighted by Gasteiger charge is -2.08. The second kappa shape index (κ2) is 6.96. The average molecular weight is 290 g/mol. The van der Waals surface area contributed by atoms with Crippen LogP contribution in [-0.2, 0) is 22.5 Å². The number of hydrogen-bond donors (Lipinski definition) is 1. The van der Waals surface area contributed by atoms with Crippen molar-refractivity contribution in [3.8, 4) is 0 Å². The number of carbonyl (C=O) groups excluding carboxylic acids is 1. The van der Waals surface area contributed by atoms with Gasteiger partial charge in [0.1, 0.15) is 0 Å². The molecule has 20 heavy (non-hydrogen) atoms. The highest BCUT2D eigenvalue weighted by Gasteiger charge is 2.03. The molecule has 0 spiro atoms. The highest BCUT2D eigenvalue weighted by molar-refractivity contribution is 6.30. The van der Waals surface area contributed by atoms with Crippen LogP contribution in [0, 0.1) is 0 Å². The summed E-state index contributed by atoms with van der Waals surface area (Å²) in [6.45, 7) is 0.683. The predicted molar refractivity (Wildman–Crippen MR) is 80.9 cm³/mol. The molecule has 0 aliphatic carbocycles. The van der Waals surface area contributed by atoms with Crippen LogP contribution in [-0.4, -0.2) is 13.1 Å². The first-order valence-corrected chi connectivity index (χ1v) is 6.69. The minimum atomic E-state index is -0.239. The molecule has 0 aliphatic rings. The first-order valence-electron chi connectivity index (χ1n) is 6.31. The summed E-state index contributed by atoms with van der Waals surface area (Å²) >= 11 is 5.95. The van der Waals surface area contributed by atoms with Crippen LogP contribution in [0.2, 0.25) is 5.02 Å². The number of rotatable bonds is 5. The molecule has 2 rings (SSSR count). The Labute approximate surface area is 123 Å². The van der Waals surface area contributed by atoms with Gasteiger partial charge in [-0.05, 0) is 35.4 Å². The number of hydrogen-bond acceptors (Lipinski definition) is 3. The molecule has 0 aliphatic heterocycles. The van der Waals surface area contributed by atoms with Gasteiger partial charge in [0.15, 0.2) is 0 Å². The number of ether oxygens (including phenoxy) is 1. The Kier molecular flexibility index (Phi) is 5.02. The van der Waals surface area contributed by atoms with E-state index >= 15 is 0 Å². The standard InChI is InChI=1S/C16H16ClNO2/c1-20-16(19)10-12-4-3-7-15(9-12)18-11-13-5-2-6-14(17)8-13/h2-9,18H,10-11H2,1H3. The molecule has 0 aromatic heterocycles.